The van der Waals surface area contributed by atoms with Crippen molar-refractivity contribution in [2.45, 2.75) is 67.3 Å². The van der Waals surface area contributed by atoms with Crippen LogP contribution in [0, 0.1) is 32.6 Å². The highest BCUT2D eigenvalue weighted by Gasteiger charge is 2.24. The van der Waals surface area contributed by atoms with E-state index in [4.69, 9.17) is 24.4 Å². The molecule has 2 atom stereocenters. The zero-order chi connectivity index (χ0) is 28.4. The van der Waals surface area contributed by atoms with Gasteiger partial charge in [-0.1, -0.05) is 26.3 Å². The molecular weight excluding hydrogens is 480 g/mol. The predicted molar refractivity (Wildman–Crippen MR) is 160 cm³/mol. The van der Waals surface area contributed by atoms with Crippen LogP contribution in [0.3, 0.4) is 0 Å². The molecule has 0 saturated carbocycles. The molecule has 2 aromatic rings. The Morgan fingerprint density at radius 2 is 1.47 bits per heavy atom. The molecule has 3 rings (SSSR count). The van der Waals surface area contributed by atoms with Crippen LogP contribution in [-0.4, -0.2) is 63.2 Å². The average molecular weight is 537 g/mol. The Morgan fingerprint density at radius 3 is 1.95 bits per heavy atom. The summed E-state index contributed by atoms with van der Waals surface area (Å²) >= 11 is 0. The highest BCUT2D eigenvalue weighted by molar-refractivity contribution is 5.43. The number of hydrogen-bond acceptors (Lipinski definition) is 7. The summed E-state index contributed by atoms with van der Waals surface area (Å²) in [5.74, 6) is 4.41. The van der Waals surface area contributed by atoms with Crippen molar-refractivity contribution in [1.82, 2.24) is 11.1 Å². The first-order chi connectivity index (χ1) is 17.7. The van der Waals surface area contributed by atoms with Gasteiger partial charge in [0.2, 0.25) is 0 Å². The molecule has 220 valence electrons. The van der Waals surface area contributed by atoms with Crippen LogP contribution in [0.2, 0.25) is 0 Å². The van der Waals surface area contributed by atoms with Crippen LogP contribution < -0.4 is 20.4 Å². The van der Waals surface area contributed by atoms with Crippen LogP contribution in [0.15, 0.2) is 30.3 Å². The Labute approximate surface area is 232 Å². The largest absolute Gasteiger partial charge is 0.497 e. The summed E-state index contributed by atoms with van der Waals surface area (Å²) in [6, 6.07) is 10.1. The van der Waals surface area contributed by atoms with Gasteiger partial charge in [0.1, 0.15) is 17.2 Å². The van der Waals surface area contributed by atoms with Crippen molar-refractivity contribution in [3.63, 3.8) is 0 Å². The van der Waals surface area contributed by atoms with Crippen molar-refractivity contribution < 1.29 is 24.4 Å². The van der Waals surface area contributed by atoms with Gasteiger partial charge in [0.15, 0.2) is 0 Å². The molecule has 38 heavy (non-hydrogen) atoms. The van der Waals surface area contributed by atoms with E-state index < -0.39 is 0 Å². The van der Waals surface area contributed by atoms with Gasteiger partial charge in [-0.25, -0.2) is 0 Å². The van der Waals surface area contributed by atoms with E-state index in [0.717, 1.165) is 48.3 Å². The lowest BCUT2D eigenvalue weighted by atomic mass is 9.85. The third-order valence-corrected chi connectivity index (χ3v) is 6.95. The van der Waals surface area contributed by atoms with Gasteiger partial charge in [-0.2, -0.15) is 0 Å². The molecule has 1 fully saturated rings. The first kappa shape index (κ1) is 37.8. The number of nitrogens with zero attached hydrogens (tertiary/aromatic N) is 1. The molecule has 1 unspecified atom stereocenters. The fourth-order valence-corrected chi connectivity index (χ4v) is 4.47. The monoisotopic (exact) mass is 536 g/mol. The summed E-state index contributed by atoms with van der Waals surface area (Å²) in [5, 5.41) is 14.6. The third-order valence-electron chi connectivity index (χ3n) is 6.95. The molecule has 0 amide bonds. The van der Waals surface area contributed by atoms with Crippen LogP contribution >= 0.6 is 0 Å². The summed E-state index contributed by atoms with van der Waals surface area (Å²) in [5.41, 5.74) is 5.27. The number of rotatable bonds is 7. The van der Waals surface area contributed by atoms with E-state index in [9.17, 15) is 0 Å². The summed E-state index contributed by atoms with van der Waals surface area (Å²) < 4.78 is 15.5. The van der Waals surface area contributed by atoms with Gasteiger partial charge in [0.25, 0.3) is 0 Å². The SMILES string of the molecule is CCO.CC[C@@H](C)C1CCCN(Cc2ccc(OC)c(C)c2C)C1.CO.COc1cc(C)cc(OC)c1.N. The average Bonchev–Trinajstić information content (AvgIpc) is 2.92. The van der Waals surface area contributed by atoms with E-state index in [1.807, 2.05) is 25.1 Å². The van der Waals surface area contributed by atoms with Gasteiger partial charge in [0, 0.05) is 32.9 Å². The lowest BCUT2D eigenvalue weighted by Crippen LogP contribution is -2.37. The lowest BCUT2D eigenvalue weighted by Gasteiger charge is -2.36. The zero-order valence-electron chi connectivity index (χ0n) is 25.8. The topological polar surface area (TPSA) is 106 Å². The van der Waals surface area contributed by atoms with Crippen molar-refractivity contribution >= 4 is 0 Å². The standard InChI is InChI=1S/C19H31NO.C9H12O2.C2H6O.CH4O.H3N/c1-6-14(2)17-8-7-11-20(12-17)13-18-9-10-19(21-5)16(4)15(18)3;1-7-4-8(10-2)6-9(5-7)11-3;1-2-3;1-2;/h9-10,14,17H,6-8,11-13H2,1-5H3;4-6H,1-3H3;3H,2H2,1H3;2H,1H3;1H3/t14-,17?;;;;/m1..../s1. The number of aryl methyl sites for hydroxylation is 1. The summed E-state index contributed by atoms with van der Waals surface area (Å²) in [6.07, 6.45) is 4.06. The van der Waals surface area contributed by atoms with E-state index >= 15 is 0 Å². The Balaban J connectivity index is 0. The first-order valence-electron chi connectivity index (χ1n) is 13.3. The minimum atomic E-state index is 0. The molecule has 0 aromatic heterocycles. The maximum absolute atomic E-state index is 7.57. The van der Waals surface area contributed by atoms with Crippen LogP contribution in [0.4, 0.5) is 0 Å². The minimum Gasteiger partial charge on any atom is -0.497 e. The second-order valence-electron chi connectivity index (χ2n) is 9.41. The molecule has 7 nitrogen and oxygen atoms in total. The molecule has 0 aliphatic carbocycles. The summed E-state index contributed by atoms with van der Waals surface area (Å²) in [7, 11) is 6.05. The van der Waals surface area contributed by atoms with E-state index in [2.05, 4.69) is 44.7 Å². The molecule has 1 aliphatic heterocycles. The van der Waals surface area contributed by atoms with Crippen LogP contribution in [0.5, 0.6) is 17.2 Å². The van der Waals surface area contributed by atoms with Crippen LogP contribution in [0.25, 0.3) is 0 Å². The van der Waals surface area contributed by atoms with Crippen molar-refractivity contribution in [1.29, 1.82) is 0 Å². The Morgan fingerprint density at radius 1 is 0.921 bits per heavy atom. The third kappa shape index (κ3) is 13.0. The molecule has 1 aliphatic rings. The second-order valence-corrected chi connectivity index (χ2v) is 9.41. The van der Waals surface area contributed by atoms with Crippen molar-refractivity contribution in [2.75, 3.05) is 48.1 Å². The van der Waals surface area contributed by atoms with Gasteiger partial charge in [0.05, 0.1) is 21.3 Å². The molecule has 0 spiro atoms. The zero-order valence-corrected chi connectivity index (χ0v) is 25.8. The highest BCUT2D eigenvalue weighted by atomic mass is 16.5. The van der Waals surface area contributed by atoms with Crippen molar-refractivity contribution in [3.8, 4) is 17.2 Å². The predicted octanol–water partition coefficient (Wildman–Crippen LogP) is 6.35. The van der Waals surface area contributed by atoms with E-state index in [1.54, 1.807) is 28.3 Å². The molecular formula is C31H56N2O5. The quantitative estimate of drug-likeness (QED) is 0.378. The van der Waals surface area contributed by atoms with Gasteiger partial charge < -0.3 is 30.6 Å². The summed E-state index contributed by atoms with van der Waals surface area (Å²) in [6.45, 7) is 16.7. The number of piperidine rings is 1. The number of methoxy groups -OCH3 is 3. The molecule has 2 aromatic carbocycles. The van der Waals surface area contributed by atoms with E-state index in [-0.39, 0.29) is 12.8 Å². The fourth-order valence-electron chi connectivity index (χ4n) is 4.47. The van der Waals surface area contributed by atoms with Crippen LogP contribution in [0.1, 0.15) is 62.3 Å². The second kappa shape index (κ2) is 21.6. The number of hydrogen-bond donors (Lipinski definition) is 3. The first-order valence-corrected chi connectivity index (χ1v) is 13.3. The molecule has 7 heteroatoms. The van der Waals surface area contributed by atoms with Crippen molar-refractivity contribution in [3.05, 3.63) is 52.6 Å². The van der Waals surface area contributed by atoms with Gasteiger partial charge in [-0.3, -0.25) is 4.90 Å². The number of benzene rings is 2. The van der Waals surface area contributed by atoms with Gasteiger partial charge in [-0.15, -0.1) is 0 Å². The lowest BCUT2D eigenvalue weighted by molar-refractivity contribution is 0.132. The minimum absolute atomic E-state index is 0. The van der Waals surface area contributed by atoms with Crippen LogP contribution in [-0.2, 0) is 6.54 Å². The highest BCUT2D eigenvalue weighted by Crippen LogP contribution is 2.29. The number of ether oxygens (including phenoxy) is 3. The molecule has 1 saturated heterocycles. The van der Waals surface area contributed by atoms with Gasteiger partial charge in [-0.05, 0) is 99.4 Å². The molecule has 1 heterocycles. The normalized spacial score (nSPS) is 15.1. The molecule has 0 radical (unpaired) electrons. The smallest absolute Gasteiger partial charge is 0.122 e. The Kier molecular flexibility index (Phi) is 21.5. The summed E-state index contributed by atoms with van der Waals surface area (Å²) in [4.78, 5) is 2.65. The maximum atomic E-state index is 7.57. The fraction of sp³-hybridized carbons (Fsp3) is 0.613. The maximum Gasteiger partial charge on any atom is 0.122 e. The number of aliphatic hydroxyl groups is 2. The molecule has 0 bridgehead atoms. The Hall–Kier alpha value is -2.32. The van der Waals surface area contributed by atoms with Gasteiger partial charge >= 0.3 is 0 Å². The van der Waals surface area contributed by atoms with E-state index in [0.29, 0.717) is 0 Å². The molecule has 5 N–H and O–H groups in total. The van der Waals surface area contributed by atoms with Crippen molar-refractivity contribution in [2.24, 2.45) is 11.8 Å². The Bertz CT molecular complexity index is 853. The number of aliphatic hydroxyl groups excluding tert-OH is 2. The number of likely N-dealkylation sites (tertiary alicyclic amines) is 1. The van der Waals surface area contributed by atoms with E-state index in [1.165, 1.54) is 49.0 Å².